The molecule has 27 heavy (non-hydrogen) atoms. The smallest absolute Gasteiger partial charge is 0.254 e. The summed E-state index contributed by atoms with van der Waals surface area (Å²) in [5.41, 5.74) is 1.93. The van der Waals surface area contributed by atoms with Crippen LogP contribution in [0.4, 0.5) is 0 Å². The van der Waals surface area contributed by atoms with Crippen LogP contribution >= 0.6 is 0 Å². The van der Waals surface area contributed by atoms with Gasteiger partial charge in [-0.1, -0.05) is 0 Å². The average molecular weight is 371 g/mol. The van der Waals surface area contributed by atoms with Gasteiger partial charge in [0.25, 0.3) is 5.56 Å². The molecule has 1 aromatic heterocycles. The van der Waals surface area contributed by atoms with Crippen LogP contribution in [0.5, 0.6) is 11.5 Å². The molecule has 1 fully saturated rings. The van der Waals surface area contributed by atoms with Gasteiger partial charge < -0.3 is 19.4 Å². The van der Waals surface area contributed by atoms with E-state index in [1.165, 1.54) is 0 Å². The van der Waals surface area contributed by atoms with Gasteiger partial charge in [-0.2, -0.15) is 0 Å². The number of aromatic nitrogens is 2. The first kappa shape index (κ1) is 18.9. The molecule has 144 valence electrons. The van der Waals surface area contributed by atoms with E-state index >= 15 is 0 Å². The summed E-state index contributed by atoms with van der Waals surface area (Å²) in [7, 11) is 3.17. The van der Waals surface area contributed by atoms with Crippen LogP contribution in [0.1, 0.15) is 41.5 Å². The van der Waals surface area contributed by atoms with E-state index < -0.39 is 0 Å². The number of rotatable bonds is 5. The van der Waals surface area contributed by atoms with Crippen molar-refractivity contribution in [2.45, 2.75) is 39.2 Å². The second-order valence-corrected chi connectivity index (χ2v) is 6.76. The molecule has 0 bridgehead atoms. The minimum Gasteiger partial charge on any atom is -0.497 e. The Morgan fingerprint density at radius 2 is 2.07 bits per heavy atom. The molecule has 7 heteroatoms. The highest BCUT2D eigenvalue weighted by Crippen LogP contribution is 2.32. The Kier molecular flexibility index (Phi) is 5.48. The fraction of sp³-hybridized carbons (Fsp3) is 0.450. The quantitative estimate of drug-likeness (QED) is 0.872. The minimum atomic E-state index is -0.207. The number of amides is 1. The summed E-state index contributed by atoms with van der Waals surface area (Å²) in [5.74, 6) is 1.87. The highest BCUT2D eigenvalue weighted by Gasteiger charge is 2.32. The average Bonchev–Trinajstić information content (AvgIpc) is 3.15. The van der Waals surface area contributed by atoms with Gasteiger partial charge in [-0.3, -0.25) is 9.59 Å². The third kappa shape index (κ3) is 3.82. The van der Waals surface area contributed by atoms with Crippen LogP contribution in [0, 0.1) is 13.8 Å². The number of methoxy groups -OCH3 is 2. The Bertz CT molecular complexity index is 907. The zero-order chi connectivity index (χ0) is 19.6. The number of carbonyl (C=O) groups excluding carboxylic acids is 1. The van der Waals surface area contributed by atoms with E-state index in [0.717, 1.165) is 18.4 Å². The van der Waals surface area contributed by atoms with E-state index in [9.17, 15) is 9.59 Å². The number of likely N-dealkylation sites (tertiary alicyclic amines) is 1. The van der Waals surface area contributed by atoms with Gasteiger partial charge in [-0.05, 0) is 44.9 Å². The highest BCUT2D eigenvalue weighted by molar-refractivity contribution is 5.80. The number of carbonyl (C=O) groups is 1. The molecule has 1 amide bonds. The molecular weight excluding hydrogens is 346 g/mol. The van der Waals surface area contributed by atoms with Gasteiger partial charge in [0.2, 0.25) is 5.91 Å². The van der Waals surface area contributed by atoms with Crippen LogP contribution in [0.2, 0.25) is 0 Å². The number of H-pyrrole nitrogens is 1. The molecule has 1 aliphatic heterocycles. The molecule has 0 aliphatic carbocycles. The number of nitrogens with one attached hydrogen (secondary N) is 1. The molecule has 1 aliphatic rings. The molecule has 1 aromatic carbocycles. The van der Waals surface area contributed by atoms with E-state index in [2.05, 4.69) is 9.97 Å². The molecular formula is C20H25N3O4. The van der Waals surface area contributed by atoms with Crippen LogP contribution in [-0.2, 0) is 11.2 Å². The van der Waals surface area contributed by atoms with Crippen LogP contribution in [0.3, 0.4) is 0 Å². The molecule has 0 spiro atoms. The van der Waals surface area contributed by atoms with E-state index in [-0.39, 0.29) is 23.9 Å². The summed E-state index contributed by atoms with van der Waals surface area (Å²) < 4.78 is 10.6. The van der Waals surface area contributed by atoms with Gasteiger partial charge in [-0.15, -0.1) is 0 Å². The van der Waals surface area contributed by atoms with Crippen molar-refractivity contribution in [3.63, 3.8) is 0 Å². The maximum Gasteiger partial charge on any atom is 0.254 e. The van der Waals surface area contributed by atoms with Gasteiger partial charge in [0.1, 0.15) is 17.3 Å². The number of hydrogen-bond acceptors (Lipinski definition) is 5. The van der Waals surface area contributed by atoms with Gasteiger partial charge in [0.15, 0.2) is 0 Å². The van der Waals surface area contributed by atoms with Crippen LogP contribution in [0.25, 0.3) is 0 Å². The monoisotopic (exact) mass is 371 g/mol. The highest BCUT2D eigenvalue weighted by atomic mass is 16.5. The molecule has 1 saturated heterocycles. The largest absolute Gasteiger partial charge is 0.497 e. The van der Waals surface area contributed by atoms with Gasteiger partial charge in [0.05, 0.1) is 26.7 Å². The van der Waals surface area contributed by atoms with E-state index in [1.807, 2.05) is 13.0 Å². The predicted octanol–water partition coefficient (Wildman–Crippen LogP) is 2.31. The molecule has 2 aromatic rings. The number of nitrogens with zero attached hydrogens (tertiary/aromatic N) is 2. The van der Waals surface area contributed by atoms with Crippen molar-refractivity contribution in [3.05, 3.63) is 51.2 Å². The van der Waals surface area contributed by atoms with Crippen LogP contribution in [0.15, 0.2) is 23.0 Å². The summed E-state index contributed by atoms with van der Waals surface area (Å²) in [6.45, 7) is 4.21. The maximum atomic E-state index is 13.0. The van der Waals surface area contributed by atoms with Crippen molar-refractivity contribution in [2.24, 2.45) is 0 Å². The van der Waals surface area contributed by atoms with Crippen molar-refractivity contribution < 1.29 is 14.3 Å². The molecule has 1 N–H and O–H groups in total. The van der Waals surface area contributed by atoms with Gasteiger partial charge >= 0.3 is 0 Å². The second kappa shape index (κ2) is 7.82. The summed E-state index contributed by atoms with van der Waals surface area (Å²) in [4.78, 5) is 34.3. The molecule has 2 heterocycles. The number of benzene rings is 1. The van der Waals surface area contributed by atoms with Gasteiger partial charge in [0, 0.05) is 23.4 Å². The zero-order valence-corrected chi connectivity index (χ0v) is 16.2. The van der Waals surface area contributed by atoms with Crippen molar-refractivity contribution >= 4 is 5.91 Å². The molecule has 7 nitrogen and oxygen atoms in total. The Morgan fingerprint density at radius 3 is 2.74 bits per heavy atom. The molecule has 3 rings (SSSR count). The molecule has 0 radical (unpaired) electrons. The lowest BCUT2D eigenvalue weighted by atomic mass is 10.1. The summed E-state index contributed by atoms with van der Waals surface area (Å²) >= 11 is 0. The SMILES string of the molecule is COc1ccc(OC)c(CC(=O)N2CCC[C@H]2c2nc(C)c(C)c(=O)[nH]2)c1. The fourth-order valence-electron chi connectivity index (χ4n) is 3.46. The Hall–Kier alpha value is -2.83. The molecule has 0 unspecified atom stereocenters. The lowest BCUT2D eigenvalue weighted by Crippen LogP contribution is -2.34. The summed E-state index contributed by atoms with van der Waals surface area (Å²) in [6, 6.07) is 5.21. The van der Waals surface area contributed by atoms with E-state index in [1.54, 1.807) is 38.2 Å². The third-order valence-corrected chi connectivity index (χ3v) is 5.13. The number of ether oxygens (including phenoxy) is 2. The first-order valence-corrected chi connectivity index (χ1v) is 9.02. The summed E-state index contributed by atoms with van der Waals surface area (Å²) in [5, 5.41) is 0. The lowest BCUT2D eigenvalue weighted by molar-refractivity contribution is -0.131. The fourth-order valence-corrected chi connectivity index (χ4v) is 3.46. The predicted molar refractivity (Wildman–Crippen MR) is 101 cm³/mol. The first-order valence-electron chi connectivity index (χ1n) is 9.02. The normalized spacial score (nSPS) is 16.4. The van der Waals surface area contributed by atoms with Crippen LogP contribution in [-0.4, -0.2) is 41.5 Å². The Labute approximate surface area is 158 Å². The first-order chi connectivity index (χ1) is 12.9. The number of aryl methyl sites for hydroxylation is 1. The van der Waals surface area contributed by atoms with Gasteiger partial charge in [-0.25, -0.2) is 4.98 Å². The number of aromatic amines is 1. The summed E-state index contributed by atoms with van der Waals surface area (Å²) in [6.07, 6.45) is 1.86. The lowest BCUT2D eigenvalue weighted by Gasteiger charge is -2.25. The Balaban J connectivity index is 1.85. The topological polar surface area (TPSA) is 84.5 Å². The second-order valence-electron chi connectivity index (χ2n) is 6.76. The zero-order valence-electron chi connectivity index (χ0n) is 16.2. The molecule has 1 atom stereocenters. The van der Waals surface area contributed by atoms with Crippen molar-refractivity contribution in [1.29, 1.82) is 0 Å². The van der Waals surface area contributed by atoms with E-state index in [0.29, 0.717) is 35.1 Å². The standard InChI is InChI=1S/C20H25N3O4/c1-12-13(2)21-19(22-20(12)25)16-6-5-9-23(16)18(24)11-14-10-15(26-3)7-8-17(14)27-4/h7-8,10,16H,5-6,9,11H2,1-4H3,(H,21,22,25)/t16-/m0/s1. The van der Waals surface area contributed by atoms with Crippen molar-refractivity contribution in [3.8, 4) is 11.5 Å². The minimum absolute atomic E-state index is 0.0232. The molecule has 0 saturated carbocycles. The van der Waals surface area contributed by atoms with Crippen molar-refractivity contribution in [1.82, 2.24) is 14.9 Å². The third-order valence-electron chi connectivity index (χ3n) is 5.13. The number of hydrogen-bond donors (Lipinski definition) is 1. The van der Waals surface area contributed by atoms with E-state index in [4.69, 9.17) is 9.47 Å². The van der Waals surface area contributed by atoms with Crippen LogP contribution < -0.4 is 15.0 Å². The van der Waals surface area contributed by atoms with Crippen molar-refractivity contribution in [2.75, 3.05) is 20.8 Å². The Morgan fingerprint density at radius 1 is 1.30 bits per heavy atom. The maximum absolute atomic E-state index is 13.0.